The van der Waals surface area contributed by atoms with Crippen LogP contribution in [0, 0.1) is 0 Å². The van der Waals surface area contributed by atoms with E-state index in [-0.39, 0.29) is 17.5 Å². The lowest BCUT2D eigenvalue weighted by Gasteiger charge is -2.22. The van der Waals surface area contributed by atoms with Gasteiger partial charge < -0.3 is 10.3 Å². The van der Waals surface area contributed by atoms with Crippen molar-refractivity contribution in [3.8, 4) is 0 Å². The third-order valence-corrected chi connectivity index (χ3v) is 5.48. The molecule has 6 heteroatoms. The highest BCUT2D eigenvalue weighted by molar-refractivity contribution is 7.91. The van der Waals surface area contributed by atoms with E-state index in [0.717, 1.165) is 23.3 Å². The van der Waals surface area contributed by atoms with E-state index in [1.165, 1.54) is 5.56 Å². The van der Waals surface area contributed by atoms with Crippen LogP contribution in [-0.4, -0.2) is 42.5 Å². The zero-order chi connectivity index (χ0) is 14.2. The quantitative estimate of drug-likeness (QED) is 0.887. The Labute approximate surface area is 118 Å². The number of fused-ring (bicyclic) bond motifs is 1. The molecule has 2 aromatic rings. The number of nitrogens with one attached hydrogen (secondary N) is 2. The van der Waals surface area contributed by atoms with Crippen molar-refractivity contribution in [1.29, 1.82) is 0 Å². The maximum atomic E-state index is 11.6. The largest absolute Gasteiger partial charge is 0.342 e. The maximum absolute atomic E-state index is 11.6. The molecule has 2 N–H and O–H groups in total. The topological polar surface area (TPSA) is 74.8 Å². The lowest BCUT2D eigenvalue weighted by molar-refractivity contribution is 0.510. The van der Waals surface area contributed by atoms with Gasteiger partial charge in [0.25, 0.3) is 0 Å². The smallest absolute Gasteiger partial charge is 0.153 e. The van der Waals surface area contributed by atoms with Crippen molar-refractivity contribution in [1.82, 2.24) is 15.3 Å². The van der Waals surface area contributed by atoms with Crippen LogP contribution in [0.2, 0.25) is 0 Å². The van der Waals surface area contributed by atoms with Gasteiger partial charge in [0.05, 0.1) is 22.5 Å². The number of H-pyrrole nitrogens is 1. The van der Waals surface area contributed by atoms with E-state index >= 15 is 0 Å². The van der Waals surface area contributed by atoms with Gasteiger partial charge in [-0.3, -0.25) is 0 Å². The van der Waals surface area contributed by atoms with Crippen LogP contribution in [0.5, 0.6) is 0 Å². The van der Waals surface area contributed by atoms with Crippen molar-refractivity contribution in [3.05, 3.63) is 29.6 Å². The Bertz CT molecular complexity index is 721. The van der Waals surface area contributed by atoms with Crippen LogP contribution in [0.25, 0.3) is 11.0 Å². The lowest BCUT2D eigenvalue weighted by Crippen LogP contribution is -2.46. The van der Waals surface area contributed by atoms with Gasteiger partial charge >= 0.3 is 0 Å². The molecule has 2 heterocycles. The van der Waals surface area contributed by atoms with Gasteiger partial charge in [-0.05, 0) is 24.1 Å². The Morgan fingerprint density at radius 1 is 1.40 bits per heavy atom. The molecule has 0 spiro atoms. The summed E-state index contributed by atoms with van der Waals surface area (Å²) in [6.07, 6.45) is 1.61. The zero-order valence-corrected chi connectivity index (χ0v) is 12.3. The van der Waals surface area contributed by atoms with Gasteiger partial charge in [0.1, 0.15) is 5.82 Å². The van der Waals surface area contributed by atoms with Crippen LogP contribution in [-0.2, 0) is 22.7 Å². The predicted octanol–water partition coefficient (Wildman–Crippen LogP) is 1.05. The molecule has 108 valence electrons. The molecule has 1 aromatic carbocycles. The number of aromatic amines is 1. The van der Waals surface area contributed by atoms with Gasteiger partial charge in [-0.2, -0.15) is 0 Å². The summed E-state index contributed by atoms with van der Waals surface area (Å²) in [5.41, 5.74) is 3.24. The zero-order valence-electron chi connectivity index (χ0n) is 11.5. The Hall–Kier alpha value is -1.40. The van der Waals surface area contributed by atoms with Crippen LogP contribution in [0.4, 0.5) is 0 Å². The minimum absolute atomic E-state index is 0.0417. The molecule has 1 atom stereocenters. The summed E-state index contributed by atoms with van der Waals surface area (Å²) >= 11 is 0. The van der Waals surface area contributed by atoms with E-state index < -0.39 is 9.84 Å². The van der Waals surface area contributed by atoms with Crippen molar-refractivity contribution < 1.29 is 8.42 Å². The number of aromatic nitrogens is 2. The third kappa shape index (κ3) is 2.86. The normalized spacial score (nSPS) is 22.1. The fraction of sp³-hybridized carbons (Fsp3) is 0.500. The number of hydrogen-bond donors (Lipinski definition) is 2. The lowest BCUT2D eigenvalue weighted by atomic mass is 10.1. The van der Waals surface area contributed by atoms with Gasteiger partial charge in [-0.15, -0.1) is 0 Å². The van der Waals surface area contributed by atoms with Gasteiger partial charge in [0, 0.05) is 19.0 Å². The van der Waals surface area contributed by atoms with Crippen molar-refractivity contribution in [2.24, 2.45) is 0 Å². The highest BCUT2D eigenvalue weighted by atomic mass is 32.2. The maximum Gasteiger partial charge on any atom is 0.153 e. The fourth-order valence-electron chi connectivity index (χ4n) is 2.66. The molecule has 1 aliphatic heterocycles. The molecule has 5 nitrogen and oxygen atoms in total. The van der Waals surface area contributed by atoms with Gasteiger partial charge in [-0.1, -0.05) is 13.0 Å². The molecule has 0 radical (unpaired) electrons. The monoisotopic (exact) mass is 293 g/mol. The molecule has 1 aliphatic rings. The standard InChI is InChI=1S/C14H19N3O2S/c1-2-10-3-4-12-13(7-10)17-14(16-12)8-11-9-20(18,19)6-5-15-11/h3-4,7,11,15H,2,5-6,8-9H2,1H3,(H,16,17). The Balaban J connectivity index is 1.80. The molecule has 1 fully saturated rings. The number of sulfone groups is 1. The van der Waals surface area contributed by atoms with Crippen molar-refractivity contribution in [2.45, 2.75) is 25.8 Å². The van der Waals surface area contributed by atoms with Gasteiger partial charge in [-0.25, -0.2) is 13.4 Å². The summed E-state index contributed by atoms with van der Waals surface area (Å²) in [7, 11) is -2.90. The highest BCUT2D eigenvalue weighted by Gasteiger charge is 2.25. The number of aryl methyl sites for hydroxylation is 1. The third-order valence-electron chi connectivity index (χ3n) is 3.74. The second-order valence-corrected chi connectivity index (χ2v) is 7.59. The van der Waals surface area contributed by atoms with Crippen LogP contribution < -0.4 is 5.32 Å². The summed E-state index contributed by atoms with van der Waals surface area (Å²) in [6, 6.07) is 6.16. The SMILES string of the molecule is CCc1ccc2nc(CC3CS(=O)(=O)CCN3)[nH]c2c1. The second kappa shape index (κ2) is 5.18. The van der Waals surface area contributed by atoms with E-state index in [1.807, 2.05) is 6.07 Å². The average Bonchev–Trinajstić information content (AvgIpc) is 2.78. The first kappa shape index (κ1) is 13.6. The molecule has 3 rings (SSSR count). The molecule has 0 aliphatic carbocycles. The molecular formula is C14H19N3O2S. The first-order chi connectivity index (χ1) is 9.55. The van der Waals surface area contributed by atoms with Gasteiger partial charge in [0.15, 0.2) is 9.84 Å². The summed E-state index contributed by atoms with van der Waals surface area (Å²) in [6.45, 7) is 2.66. The number of hydrogen-bond acceptors (Lipinski definition) is 4. The van der Waals surface area contributed by atoms with E-state index in [2.05, 4.69) is 34.3 Å². The van der Waals surface area contributed by atoms with E-state index in [1.54, 1.807) is 0 Å². The Kier molecular flexibility index (Phi) is 3.52. The summed E-state index contributed by atoms with van der Waals surface area (Å²) in [5.74, 6) is 1.29. The Morgan fingerprint density at radius 2 is 2.25 bits per heavy atom. The molecular weight excluding hydrogens is 274 g/mol. The van der Waals surface area contributed by atoms with Crippen molar-refractivity contribution >= 4 is 20.9 Å². The summed E-state index contributed by atoms with van der Waals surface area (Å²) in [4.78, 5) is 7.84. The number of benzene rings is 1. The average molecular weight is 293 g/mol. The Morgan fingerprint density at radius 3 is 3.00 bits per heavy atom. The highest BCUT2D eigenvalue weighted by Crippen LogP contribution is 2.16. The van der Waals surface area contributed by atoms with Crippen LogP contribution in [0.3, 0.4) is 0 Å². The molecule has 1 unspecified atom stereocenters. The predicted molar refractivity (Wildman–Crippen MR) is 79.6 cm³/mol. The molecule has 1 aromatic heterocycles. The number of imidazole rings is 1. The van der Waals surface area contributed by atoms with Gasteiger partial charge in [0.2, 0.25) is 0 Å². The fourth-order valence-corrected chi connectivity index (χ4v) is 4.10. The van der Waals surface area contributed by atoms with Crippen LogP contribution in [0.15, 0.2) is 18.2 Å². The van der Waals surface area contributed by atoms with Crippen molar-refractivity contribution in [3.63, 3.8) is 0 Å². The van der Waals surface area contributed by atoms with E-state index in [4.69, 9.17) is 0 Å². The number of rotatable bonds is 3. The molecule has 20 heavy (non-hydrogen) atoms. The molecule has 0 bridgehead atoms. The summed E-state index contributed by atoms with van der Waals surface area (Å²) < 4.78 is 23.3. The first-order valence-corrected chi connectivity index (χ1v) is 8.79. The first-order valence-electron chi connectivity index (χ1n) is 6.97. The van der Waals surface area contributed by atoms with Crippen LogP contribution in [0.1, 0.15) is 18.3 Å². The van der Waals surface area contributed by atoms with E-state index in [9.17, 15) is 8.42 Å². The summed E-state index contributed by atoms with van der Waals surface area (Å²) in [5, 5.41) is 3.25. The van der Waals surface area contributed by atoms with Crippen LogP contribution >= 0.6 is 0 Å². The second-order valence-electron chi connectivity index (χ2n) is 5.36. The van der Waals surface area contributed by atoms with Crippen molar-refractivity contribution in [2.75, 3.05) is 18.1 Å². The van der Waals surface area contributed by atoms with E-state index in [0.29, 0.717) is 13.0 Å². The molecule has 0 amide bonds. The molecule has 0 saturated carbocycles. The minimum Gasteiger partial charge on any atom is -0.342 e. The number of nitrogens with zero attached hydrogens (tertiary/aromatic N) is 1. The minimum atomic E-state index is -2.90. The molecule has 1 saturated heterocycles.